The van der Waals surface area contributed by atoms with E-state index in [2.05, 4.69) is 10.6 Å². The van der Waals surface area contributed by atoms with E-state index in [1.165, 1.54) is 6.20 Å². The van der Waals surface area contributed by atoms with Crippen LogP contribution in [0.25, 0.3) is 0 Å². The van der Waals surface area contributed by atoms with E-state index in [0.29, 0.717) is 12.2 Å². The van der Waals surface area contributed by atoms with Crippen molar-refractivity contribution in [1.29, 1.82) is 5.26 Å². The van der Waals surface area contributed by atoms with Gasteiger partial charge in [-0.3, -0.25) is 4.79 Å². The standard InChI is InChI=1S/C19H19N3O2/c1-14-6-5-8-17(10-14)22-19(23)16(11-20)13-21-12-15-7-3-4-9-18(15)24-2/h3-10,13,21H,12H2,1-2H3,(H,22,23)/b16-13-. The van der Waals surface area contributed by atoms with Crippen molar-refractivity contribution in [2.45, 2.75) is 13.5 Å². The fourth-order valence-electron chi connectivity index (χ4n) is 2.18. The molecular weight excluding hydrogens is 302 g/mol. The molecule has 0 bridgehead atoms. The van der Waals surface area contributed by atoms with Gasteiger partial charge in [-0.05, 0) is 30.7 Å². The summed E-state index contributed by atoms with van der Waals surface area (Å²) in [4.78, 5) is 12.2. The molecule has 0 atom stereocenters. The van der Waals surface area contributed by atoms with Gasteiger partial charge in [0.05, 0.1) is 7.11 Å². The van der Waals surface area contributed by atoms with Gasteiger partial charge in [0.25, 0.3) is 5.91 Å². The Bertz CT molecular complexity index is 791. The number of nitrogens with one attached hydrogen (secondary N) is 2. The number of methoxy groups -OCH3 is 1. The van der Waals surface area contributed by atoms with Crippen LogP contribution in [0.1, 0.15) is 11.1 Å². The molecule has 0 aliphatic carbocycles. The van der Waals surface area contributed by atoms with Gasteiger partial charge < -0.3 is 15.4 Å². The van der Waals surface area contributed by atoms with Crippen LogP contribution >= 0.6 is 0 Å². The predicted molar refractivity (Wildman–Crippen MR) is 93.3 cm³/mol. The van der Waals surface area contributed by atoms with Crippen LogP contribution in [-0.2, 0) is 11.3 Å². The number of nitriles is 1. The lowest BCUT2D eigenvalue weighted by atomic mass is 10.2. The zero-order chi connectivity index (χ0) is 17.4. The van der Waals surface area contributed by atoms with E-state index in [-0.39, 0.29) is 5.57 Å². The first-order valence-electron chi connectivity index (χ1n) is 7.47. The molecule has 0 fully saturated rings. The second-order valence-electron chi connectivity index (χ2n) is 5.19. The van der Waals surface area contributed by atoms with E-state index in [4.69, 9.17) is 4.74 Å². The first kappa shape index (κ1) is 17.1. The Morgan fingerprint density at radius 3 is 2.75 bits per heavy atom. The van der Waals surface area contributed by atoms with Crippen LogP contribution in [0.3, 0.4) is 0 Å². The summed E-state index contributed by atoms with van der Waals surface area (Å²) in [5.74, 6) is 0.303. The number of hydrogen-bond acceptors (Lipinski definition) is 4. The van der Waals surface area contributed by atoms with Crippen molar-refractivity contribution < 1.29 is 9.53 Å². The Labute approximate surface area is 141 Å². The number of hydrogen-bond donors (Lipinski definition) is 2. The number of carbonyl (C=O) groups is 1. The molecule has 0 radical (unpaired) electrons. The molecule has 0 spiro atoms. The molecule has 0 unspecified atom stereocenters. The summed E-state index contributed by atoms with van der Waals surface area (Å²) in [6.07, 6.45) is 1.41. The third-order valence-corrected chi connectivity index (χ3v) is 3.37. The Kier molecular flexibility index (Phi) is 5.98. The monoisotopic (exact) mass is 321 g/mol. The van der Waals surface area contributed by atoms with Crippen LogP contribution in [-0.4, -0.2) is 13.0 Å². The van der Waals surface area contributed by atoms with E-state index < -0.39 is 5.91 Å². The lowest BCUT2D eigenvalue weighted by Gasteiger charge is -2.08. The molecule has 24 heavy (non-hydrogen) atoms. The summed E-state index contributed by atoms with van der Waals surface area (Å²) in [6, 6.07) is 16.9. The molecular formula is C19H19N3O2. The number of rotatable bonds is 6. The highest BCUT2D eigenvalue weighted by Gasteiger charge is 2.09. The Morgan fingerprint density at radius 2 is 2.04 bits per heavy atom. The van der Waals surface area contributed by atoms with Gasteiger partial charge in [-0.1, -0.05) is 30.3 Å². The molecule has 0 saturated heterocycles. The molecule has 5 nitrogen and oxygen atoms in total. The number of ether oxygens (including phenoxy) is 1. The number of carbonyl (C=O) groups excluding carboxylic acids is 1. The minimum atomic E-state index is -0.448. The van der Waals surface area contributed by atoms with E-state index in [9.17, 15) is 10.1 Å². The van der Waals surface area contributed by atoms with Crippen molar-refractivity contribution in [1.82, 2.24) is 5.32 Å². The van der Waals surface area contributed by atoms with Crippen LogP contribution in [0, 0.1) is 18.3 Å². The van der Waals surface area contributed by atoms with Gasteiger partial charge in [0.15, 0.2) is 0 Å². The maximum atomic E-state index is 12.2. The minimum absolute atomic E-state index is 0.00593. The first-order valence-corrected chi connectivity index (χ1v) is 7.47. The van der Waals surface area contributed by atoms with Crippen LogP contribution in [0.15, 0.2) is 60.3 Å². The Morgan fingerprint density at radius 1 is 1.25 bits per heavy atom. The van der Waals surface area contributed by atoms with Crippen LogP contribution < -0.4 is 15.4 Å². The molecule has 5 heteroatoms. The average Bonchev–Trinajstić information content (AvgIpc) is 2.59. The summed E-state index contributed by atoms with van der Waals surface area (Å²) in [5, 5.41) is 14.9. The van der Waals surface area contributed by atoms with Crippen LogP contribution in [0.4, 0.5) is 5.69 Å². The second-order valence-corrected chi connectivity index (χ2v) is 5.19. The molecule has 2 aromatic rings. The van der Waals surface area contributed by atoms with E-state index in [0.717, 1.165) is 16.9 Å². The molecule has 0 saturated carbocycles. The van der Waals surface area contributed by atoms with Gasteiger partial charge in [0.1, 0.15) is 17.4 Å². The lowest BCUT2D eigenvalue weighted by molar-refractivity contribution is -0.112. The Balaban J connectivity index is 2.01. The molecule has 0 aliphatic heterocycles. The maximum absolute atomic E-state index is 12.2. The fourth-order valence-corrected chi connectivity index (χ4v) is 2.18. The van der Waals surface area contributed by atoms with E-state index >= 15 is 0 Å². The smallest absolute Gasteiger partial charge is 0.267 e. The Hall–Kier alpha value is -3.26. The van der Waals surface area contributed by atoms with E-state index in [1.807, 2.05) is 55.5 Å². The number of amides is 1. The van der Waals surface area contributed by atoms with E-state index in [1.54, 1.807) is 13.2 Å². The fraction of sp³-hybridized carbons (Fsp3) is 0.158. The average molecular weight is 321 g/mol. The van der Waals surface area contributed by atoms with Gasteiger partial charge in [-0.15, -0.1) is 0 Å². The molecule has 1 amide bonds. The molecule has 0 aromatic heterocycles. The molecule has 122 valence electrons. The SMILES string of the molecule is COc1ccccc1CN/C=C(/C#N)C(=O)Nc1cccc(C)c1. The molecule has 2 N–H and O–H groups in total. The summed E-state index contributed by atoms with van der Waals surface area (Å²) in [7, 11) is 1.60. The normalized spacial score (nSPS) is 10.6. The van der Waals surface area contributed by atoms with Gasteiger partial charge >= 0.3 is 0 Å². The highest BCUT2D eigenvalue weighted by atomic mass is 16.5. The lowest BCUT2D eigenvalue weighted by Crippen LogP contribution is -2.16. The second kappa shape index (κ2) is 8.39. The third kappa shape index (κ3) is 4.62. The van der Waals surface area contributed by atoms with Crippen molar-refractivity contribution in [3.8, 4) is 11.8 Å². The summed E-state index contributed by atoms with van der Waals surface area (Å²) in [5.41, 5.74) is 2.63. The number of para-hydroxylation sites is 1. The molecule has 0 aliphatic rings. The topological polar surface area (TPSA) is 74.1 Å². The quantitative estimate of drug-likeness (QED) is 0.633. The minimum Gasteiger partial charge on any atom is -0.496 e. The van der Waals surface area contributed by atoms with Crippen molar-refractivity contribution in [3.63, 3.8) is 0 Å². The summed E-state index contributed by atoms with van der Waals surface area (Å²) < 4.78 is 5.26. The maximum Gasteiger partial charge on any atom is 0.267 e. The molecule has 2 rings (SSSR count). The number of aryl methyl sites for hydroxylation is 1. The van der Waals surface area contributed by atoms with Gasteiger partial charge in [-0.25, -0.2) is 0 Å². The van der Waals surface area contributed by atoms with Crippen molar-refractivity contribution >= 4 is 11.6 Å². The third-order valence-electron chi connectivity index (χ3n) is 3.37. The highest BCUT2D eigenvalue weighted by molar-refractivity contribution is 6.06. The van der Waals surface area contributed by atoms with Crippen molar-refractivity contribution in [2.75, 3.05) is 12.4 Å². The number of benzene rings is 2. The number of anilines is 1. The summed E-state index contributed by atoms with van der Waals surface area (Å²) in [6.45, 7) is 2.39. The molecule has 0 heterocycles. The highest BCUT2D eigenvalue weighted by Crippen LogP contribution is 2.16. The van der Waals surface area contributed by atoms with Crippen molar-refractivity contribution in [3.05, 3.63) is 71.4 Å². The van der Waals surface area contributed by atoms with Gasteiger partial charge in [0, 0.05) is 24.0 Å². The zero-order valence-electron chi connectivity index (χ0n) is 13.7. The zero-order valence-corrected chi connectivity index (χ0v) is 13.7. The molecule has 2 aromatic carbocycles. The number of nitrogens with zero attached hydrogens (tertiary/aromatic N) is 1. The van der Waals surface area contributed by atoms with Gasteiger partial charge in [0.2, 0.25) is 0 Å². The van der Waals surface area contributed by atoms with Gasteiger partial charge in [-0.2, -0.15) is 5.26 Å². The first-order chi connectivity index (χ1) is 11.6. The predicted octanol–water partition coefficient (Wildman–Crippen LogP) is 3.14. The van der Waals surface area contributed by atoms with Crippen LogP contribution in [0.5, 0.6) is 5.75 Å². The van der Waals surface area contributed by atoms with Crippen molar-refractivity contribution in [2.24, 2.45) is 0 Å². The van der Waals surface area contributed by atoms with Crippen LogP contribution in [0.2, 0.25) is 0 Å². The largest absolute Gasteiger partial charge is 0.496 e. The summed E-state index contributed by atoms with van der Waals surface area (Å²) >= 11 is 0.